The van der Waals surface area contributed by atoms with Crippen molar-refractivity contribution in [1.82, 2.24) is 14.9 Å². The Kier molecular flexibility index (Phi) is 5.84. The molecule has 0 fully saturated rings. The van der Waals surface area contributed by atoms with Gasteiger partial charge >= 0.3 is 0 Å². The van der Waals surface area contributed by atoms with Crippen molar-refractivity contribution < 1.29 is 9.18 Å². The second kappa shape index (κ2) is 8.30. The number of benzene rings is 2. The number of carbonyl (C=O) groups is 1. The first-order chi connectivity index (χ1) is 13.3. The van der Waals surface area contributed by atoms with Crippen LogP contribution < -0.4 is 16.1 Å². The summed E-state index contributed by atoms with van der Waals surface area (Å²) < 4.78 is 14.4. The van der Waals surface area contributed by atoms with E-state index < -0.39 is 5.25 Å². The number of carbonyl (C=O) groups excluding carboxylic acids is 1. The molecular formula is C19H21FN6OS. The number of nitrogens with two attached hydrogens (primary N) is 1. The molecule has 28 heavy (non-hydrogen) atoms. The second-order valence-corrected chi connectivity index (χ2v) is 7.68. The summed E-state index contributed by atoms with van der Waals surface area (Å²) in [6, 6.07) is 13.4. The molecule has 9 heteroatoms. The van der Waals surface area contributed by atoms with Crippen LogP contribution in [-0.4, -0.2) is 40.1 Å². The Hall–Kier alpha value is -3.07. The van der Waals surface area contributed by atoms with E-state index in [1.165, 1.54) is 28.6 Å². The fourth-order valence-electron chi connectivity index (χ4n) is 2.45. The topological polar surface area (TPSA) is 89.1 Å². The fraction of sp³-hybridized carbons (Fsp3) is 0.211. The van der Waals surface area contributed by atoms with Gasteiger partial charge in [0.1, 0.15) is 5.82 Å². The van der Waals surface area contributed by atoms with Crippen LogP contribution in [0.4, 0.5) is 15.8 Å². The highest BCUT2D eigenvalue weighted by Crippen LogP contribution is 2.26. The van der Waals surface area contributed by atoms with E-state index >= 15 is 0 Å². The summed E-state index contributed by atoms with van der Waals surface area (Å²) in [6.45, 7) is 1.76. The van der Waals surface area contributed by atoms with E-state index in [0.717, 1.165) is 5.69 Å². The standard InChI is InChI=1S/C19H21FN6OS/c1-12(18(27)22-15-8-10-16(11-9-15)25(2)3)28-19-24-23-17(26(19)21)13-4-6-14(20)7-5-13/h4-12H,21H2,1-3H3,(H,22,27). The number of rotatable bonds is 6. The zero-order valence-electron chi connectivity index (χ0n) is 15.8. The van der Waals surface area contributed by atoms with Gasteiger partial charge in [-0.15, -0.1) is 10.2 Å². The van der Waals surface area contributed by atoms with Crippen LogP contribution in [0.3, 0.4) is 0 Å². The summed E-state index contributed by atoms with van der Waals surface area (Å²) in [5.41, 5.74) is 2.40. The zero-order chi connectivity index (χ0) is 20.3. The third kappa shape index (κ3) is 4.42. The molecule has 0 saturated heterocycles. The summed E-state index contributed by atoms with van der Waals surface area (Å²) in [6.07, 6.45) is 0. The van der Waals surface area contributed by atoms with Crippen LogP contribution in [0.25, 0.3) is 11.4 Å². The van der Waals surface area contributed by atoms with E-state index in [4.69, 9.17) is 5.84 Å². The summed E-state index contributed by atoms with van der Waals surface area (Å²) in [7, 11) is 3.91. The van der Waals surface area contributed by atoms with Gasteiger partial charge in [-0.2, -0.15) is 0 Å². The Morgan fingerprint density at radius 2 is 1.79 bits per heavy atom. The van der Waals surface area contributed by atoms with Gasteiger partial charge in [0.15, 0.2) is 5.82 Å². The lowest BCUT2D eigenvalue weighted by molar-refractivity contribution is -0.115. The molecule has 7 nitrogen and oxygen atoms in total. The number of anilines is 2. The maximum atomic E-state index is 13.1. The Morgan fingerprint density at radius 1 is 1.14 bits per heavy atom. The molecule has 0 saturated carbocycles. The SMILES string of the molecule is CC(Sc1nnc(-c2ccc(F)cc2)n1N)C(=O)Nc1ccc(N(C)C)cc1. The normalized spacial score (nSPS) is 11.9. The molecule has 0 aliphatic heterocycles. The van der Waals surface area contributed by atoms with Crippen LogP contribution in [-0.2, 0) is 4.79 Å². The van der Waals surface area contributed by atoms with E-state index in [9.17, 15) is 9.18 Å². The van der Waals surface area contributed by atoms with Gasteiger partial charge in [-0.25, -0.2) is 9.07 Å². The van der Waals surface area contributed by atoms with Gasteiger partial charge < -0.3 is 16.1 Å². The minimum Gasteiger partial charge on any atom is -0.378 e. The first-order valence-corrected chi connectivity index (χ1v) is 9.44. The molecule has 0 aliphatic rings. The van der Waals surface area contributed by atoms with Crippen LogP contribution in [0.5, 0.6) is 0 Å². The van der Waals surface area contributed by atoms with Crippen molar-refractivity contribution in [3.63, 3.8) is 0 Å². The maximum absolute atomic E-state index is 13.1. The number of nitrogens with zero attached hydrogens (tertiary/aromatic N) is 4. The van der Waals surface area contributed by atoms with Gasteiger partial charge in [-0.1, -0.05) is 11.8 Å². The lowest BCUT2D eigenvalue weighted by atomic mass is 10.2. The van der Waals surface area contributed by atoms with Crippen molar-refractivity contribution in [3.05, 3.63) is 54.3 Å². The third-order valence-electron chi connectivity index (χ3n) is 4.07. The average molecular weight is 400 g/mol. The number of hydrogen-bond donors (Lipinski definition) is 2. The van der Waals surface area contributed by atoms with Crippen LogP contribution in [0, 0.1) is 5.82 Å². The molecule has 0 aliphatic carbocycles. The maximum Gasteiger partial charge on any atom is 0.237 e. The molecular weight excluding hydrogens is 379 g/mol. The van der Waals surface area contributed by atoms with Gasteiger partial charge in [-0.05, 0) is 55.5 Å². The van der Waals surface area contributed by atoms with Gasteiger partial charge in [0.05, 0.1) is 5.25 Å². The molecule has 3 N–H and O–H groups in total. The predicted molar refractivity (Wildman–Crippen MR) is 110 cm³/mol. The van der Waals surface area contributed by atoms with Crippen molar-refractivity contribution in [2.45, 2.75) is 17.3 Å². The second-order valence-electron chi connectivity index (χ2n) is 6.37. The summed E-state index contributed by atoms with van der Waals surface area (Å²) >= 11 is 1.19. The summed E-state index contributed by atoms with van der Waals surface area (Å²) in [5.74, 6) is 5.94. The molecule has 1 heterocycles. The van der Waals surface area contributed by atoms with Gasteiger partial charge in [0.25, 0.3) is 0 Å². The number of thioether (sulfide) groups is 1. The lowest BCUT2D eigenvalue weighted by Gasteiger charge is -2.14. The first-order valence-electron chi connectivity index (χ1n) is 8.56. The van der Waals surface area contributed by atoms with Crippen LogP contribution >= 0.6 is 11.8 Å². The number of nitrogens with one attached hydrogen (secondary N) is 1. The zero-order valence-corrected chi connectivity index (χ0v) is 16.6. The minimum absolute atomic E-state index is 0.172. The van der Waals surface area contributed by atoms with Crippen LogP contribution in [0.1, 0.15) is 6.92 Å². The molecule has 3 rings (SSSR count). The van der Waals surface area contributed by atoms with Crippen LogP contribution in [0.2, 0.25) is 0 Å². The van der Waals surface area contributed by atoms with Crippen molar-refractivity contribution in [2.24, 2.45) is 0 Å². The number of halogens is 1. The molecule has 1 unspecified atom stereocenters. The molecule has 146 valence electrons. The quantitative estimate of drug-likeness (QED) is 0.488. The molecule has 1 atom stereocenters. The molecule has 1 aromatic heterocycles. The minimum atomic E-state index is -0.443. The van der Waals surface area contributed by atoms with Gasteiger partial charge in [0.2, 0.25) is 11.1 Å². The Bertz CT molecular complexity index is 956. The van der Waals surface area contributed by atoms with Crippen molar-refractivity contribution in [1.29, 1.82) is 0 Å². The van der Waals surface area contributed by atoms with E-state index in [1.807, 2.05) is 43.3 Å². The van der Waals surface area contributed by atoms with E-state index in [0.29, 0.717) is 22.2 Å². The largest absolute Gasteiger partial charge is 0.378 e. The lowest BCUT2D eigenvalue weighted by Crippen LogP contribution is -2.23. The Morgan fingerprint density at radius 3 is 2.39 bits per heavy atom. The number of hydrogen-bond acceptors (Lipinski definition) is 6. The molecule has 3 aromatic rings. The Labute approximate surface area is 166 Å². The molecule has 0 bridgehead atoms. The Balaban J connectivity index is 1.66. The smallest absolute Gasteiger partial charge is 0.237 e. The van der Waals surface area contributed by atoms with Crippen LogP contribution in [0.15, 0.2) is 53.7 Å². The van der Waals surface area contributed by atoms with E-state index in [2.05, 4.69) is 15.5 Å². The highest BCUT2D eigenvalue weighted by atomic mass is 32.2. The number of aromatic nitrogens is 3. The first kappa shape index (κ1) is 19.7. The molecule has 1 amide bonds. The monoisotopic (exact) mass is 400 g/mol. The summed E-state index contributed by atoms with van der Waals surface area (Å²) in [4.78, 5) is 14.5. The van der Waals surface area contributed by atoms with E-state index in [1.54, 1.807) is 19.1 Å². The number of amides is 1. The predicted octanol–water partition coefficient (Wildman–Crippen LogP) is 2.98. The van der Waals surface area contributed by atoms with Crippen molar-refractivity contribution in [2.75, 3.05) is 30.2 Å². The van der Waals surface area contributed by atoms with Crippen molar-refractivity contribution >= 4 is 29.0 Å². The molecule has 0 spiro atoms. The van der Waals surface area contributed by atoms with E-state index in [-0.39, 0.29) is 11.7 Å². The highest BCUT2D eigenvalue weighted by Gasteiger charge is 2.20. The van der Waals surface area contributed by atoms with Gasteiger partial charge in [-0.3, -0.25) is 4.79 Å². The molecule has 2 aromatic carbocycles. The number of nitrogen functional groups attached to an aromatic ring is 1. The molecule has 0 radical (unpaired) electrons. The van der Waals surface area contributed by atoms with Gasteiger partial charge in [0, 0.05) is 31.0 Å². The summed E-state index contributed by atoms with van der Waals surface area (Å²) in [5, 5.41) is 10.9. The average Bonchev–Trinajstić information content (AvgIpc) is 3.03. The third-order valence-corrected chi connectivity index (χ3v) is 5.13. The van der Waals surface area contributed by atoms with Crippen molar-refractivity contribution in [3.8, 4) is 11.4 Å². The fourth-order valence-corrected chi connectivity index (χ4v) is 3.22. The highest BCUT2D eigenvalue weighted by molar-refractivity contribution is 8.00.